The van der Waals surface area contributed by atoms with Crippen molar-refractivity contribution in [2.75, 3.05) is 13.1 Å². The molecule has 0 spiro atoms. The third kappa shape index (κ3) is 3.96. The van der Waals surface area contributed by atoms with Crippen molar-refractivity contribution in [2.45, 2.75) is 38.8 Å². The lowest BCUT2D eigenvalue weighted by molar-refractivity contribution is -0.139. The van der Waals surface area contributed by atoms with E-state index >= 15 is 0 Å². The number of carbonyl (C=O) groups is 2. The summed E-state index contributed by atoms with van der Waals surface area (Å²) < 4.78 is 0. The summed E-state index contributed by atoms with van der Waals surface area (Å²) in [6.07, 6.45) is 1.59. The summed E-state index contributed by atoms with van der Waals surface area (Å²) in [5, 5.41) is 12.9. The predicted octanol–water partition coefficient (Wildman–Crippen LogP) is 2.21. The van der Waals surface area contributed by atoms with Crippen LogP contribution in [0, 0.1) is 6.92 Å². The first-order chi connectivity index (χ1) is 12.0. The summed E-state index contributed by atoms with van der Waals surface area (Å²) in [7, 11) is 0. The van der Waals surface area contributed by atoms with Gasteiger partial charge in [0.05, 0.1) is 12.1 Å². The zero-order valence-corrected chi connectivity index (χ0v) is 14.5. The zero-order chi connectivity index (χ0) is 18.0. The van der Waals surface area contributed by atoms with Crippen LogP contribution in [0.5, 0.6) is 0 Å². The molecule has 0 radical (unpaired) electrons. The molecule has 2 N–H and O–H groups in total. The molecular formula is C19H23N3O3. The monoisotopic (exact) mass is 341 g/mol. The van der Waals surface area contributed by atoms with Gasteiger partial charge in [-0.1, -0.05) is 13.0 Å². The number of carboxylic acids is 1. The van der Waals surface area contributed by atoms with Crippen molar-refractivity contribution in [3.05, 3.63) is 41.6 Å². The minimum Gasteiger partial charge on any atom is -0.480 e. The van der Waals surface area contributed by atoms with Crippen LogP contribution in [0.3, 0.4) is 0 Å². The van der Waals surface area contributed by atoms with Crippen LogP contribution in [0.25, 0.3) is 10.9 Å². The van der Waals surface area contributed by atoms with Crippen LogP contribution in [0.2, 0.25) is 0 Å². The molecule has 0 atom stereocenters. The van der Waals surface area contributed by atoms with Crippen molar-refractivity contribution in [1.29, 1.82) is 0 Å². The molecule has 0 unspecified atom stereocenters. The SMILES string of the molecule is CCN(CC(=O)O)C1CC(NC(=O)c2ccc3nc(C)ccc3c2)C1. The number of hydrogen-bond acceptors (Lipinski definition) is 4. The van der Waals surface area contributed by atoms with E-state index in [1.807, 2.05) is 43.0 Å². The second-order valence-electron chi connectivity index (χ2n) is 6.61. The maximum absolute atomic E-state index is 12.4. The largest absolute Gasteiger partial charge is 0.480 e. The Kier molecular flexibility index (Phi) is 4.99. The number of fused-ring (bicyclic) bond motifs is 1. The second-order valence-corrected chi connectivity index (χ2v) is 6.61. The van der Waals surface area contributed by atoms with E-state index in [0.29, 0.717) is 12.1 Å². The molecule has 1 aromatic carbocycles. The molecule has 1 aromatic heterocycles. The van der Waals surface area contributed by atoms with E-state index < -0.39 is 5.97 Å². The molecule has 1 aliphatic rings. The van der Waals surface area contributed by atoms with Crippen LogP contribution < -0.4 is 5.32 Å². The van der Waals surface area contributed by atoms with Gasteiger partial charge in [0.1, 0.15) is 0 Å². The molecule has 132 valence electrons. The highest BCUT2D eigenvalue weighted by molar-refractivity contribution is 5.98. The number of nitrogens with zero attached hydrogens (tertiary/aromatic N) is 2. The van der Waals surface area contributed by atoms with Crippen LogP contribution in [-0.4, -0.2) is 52.0 Å². The first kappa shape index (κ1) is 17.4. The fraction of sp³-hybridized carbons (Fsp3) is 0.421. The van der Waals surface area contributed by atoms with Gasteiger partial charge in [-0.15, -0.1) is 0 Å². The third-order valence-electron chi connectivity index (χ3n) is 4.80. The maximum atomic E-state index is 12.4. The van der Waals surface area contributed by atoms with E-state index in [2.05, 4.69) is 10.3 Å². The average Bonchev–Trinajstić information content (AvgIpc) is 2.55. The molecule has 0 saturated heterocycles. The Balaban J connectivity index is 1.58. The molecule has 25 heavy (non-hydrogen) atoms. The molecule has 6 heteroatoms. The summed E-state index contributed by atoms with van der Waals surface area (Å²) in [5.41, 5.74) is 2.46. The van der Waals surface area contributed by atoms with Gasteiger partial charge in [0.2, 0.25) is 0 Å². The molecule has 1 heterocycles. The minimum absolute atomic E-state index is 0.0545. The number of hydrogen-bond donors (Lipinski definition) is 2. The first-order valence-electron chi connectivity index (χ1n) is 8.60. The molecule has 1 amide bonds. The molecule has 0 bridgehead atoms. The number of aliphatic carboxylic acids is 1. The van der Waals surface area contributed by atoms with Crippen molar-refractivity contribution < 1.29 is 14.7 Å². The Morgan fingerprint density at radius 3 is 2.72 bits per heavy atom. The minimum atomic E-state index is -0.811. The summed E-state index contributed by atoms with van der Waals surface area (Å²) in [6.45, 7) is 4.66. The quantitative estimate of drug-likeness (QED) is 0.842. The summed E-state index contributed by atoms with van der Waals surface area (Å²) in [6, 6.07) is 9.76. The summed E-state index contributed by atoms with van der Waals surface area (Å²) >= 11 is 0. The molecule has 3 rings (SSSR count). The van der Waals surface area contributed by atoms with Gasteiger partial charge in [-0.05, 0) is 50.6 Å². The lowest BCUT2D eigenvalue weighted by Gasteiger charge is -2.42. The fourth-order valence-corrected chi connectivity index (χ4v) is 3.31. The van der Waals surface area contributed by atoms with Crippen molar-refractivity contribution in [3.8, 4) is 0 Å². The van der Waals surface area contributed by atoms with Crippen molar-refractivity contribution in [1.82, 2.24) is 15.2 Å². The fourth-order valence-electron chi connectivity index (χ4n) is 3.31. The number of benzene rings is 1. The van der Waals surface area contributed by atoms with Gasteiger partial charge in [0.15, 0.2) is 0 Å². The summed E-state index contributed by atoms with van der Waals surface area (Å²) in [4.78, 5) is 29.7. The van der Waals surface area contributed by atoms with E-state index in [0.717, 1.165) is 29.4 Å². The molecule has 1 aliphatic carbocycles. The third-order valence-corrected chi connectivity index (χ3v) is 4.80. The summed E-state index contributed by atoms with van der Waals surface area (Å²) in [5.74, 6) is -0.901. The van der Waals surface area contributed by atoms with Crippen molar-refractivity contribution >= 4 is 22.8 Å². The Labute approximate surface area is 146 Å². The Hall–Kier alpha value is -2.47. The number of amides is 1. The van der Waals surface area contributed by atoms with Gasteiger partial charge in [-0.25, -0.2) is 0 Å². The molecule has 2 aromatic rings. The zero-order valence-electron chi connectivity index (χ0n) is 14.5. The number of rotatable bonds is 6. The molecule has 6 nitrogen and oxygen atoms in total. The van der Waals surface area contributed by atoms with Gasteiger partial charge in [0, 0.05) is 28.7 Å². The predicted molar refractivity (Wildman–Crippen MR) is 95.6 cm³/mol. The van der Waals surface area contributed by atoms with Crippen LogP contribution in [0.4, 0.5) is 0 Å². The van der Waals surface area contributed by atoms with Crippen LogP contribution in [0.1, 0.15) is 35.8 Å². The molecule has 0 aliphatic heterocycles. The van der Waals surface area contributed by atoms with Crippen LogP contribution in [0.15, 0.2) is 30.3 Å². The lowest BCUT2D eigenvalue weighted by atomic mass is 9.85. The number of aromatic nitrogens is 1. The van der Waals surface area contributed by atoms with Crippen LogP contribution in [-0.2, 0) is 4.79 Å². The van der Waals surface area contributed by atoms with E-state index in [-0.39, 0.29) is 24.5 Å². The highest BCUT2D eigenvalue weighted by Gasteiger charge is 2.34. The van der Waals surface area contributed by atoms with E-state index in [9.17, 15) is 9.59 Å². The van der Waals surface area contributed by atoms with Gasteiger partial charge >= 0.3 is 5.97 Å². The highest BCUT2D eigenvalue weighted by Crippen LogP contribution is 2.26. The van der Waals surface area contributed by atoms with Crippen molar-refractivity contribution in [2.24, 2.45) is 0 Å². The maximum Gasteiger partial charge on any atom is 0.317 e. The van der Waals surface area contributed by atoms with E-state index in [1.165, 1.54) is 0 Å². The van der Waals surface area contributed by atoms with E-state index in [4.69, 9.17) is 5.11 Å². The van der Waals surface area contributed by atoms with Gasteiger partial charge in [-0.2, -0.15) is 0 Å². The molecule has 1 saturated carbocycles. The number of carbonyl (C=O) groups excluding carboxylic acids is 1. The number of nitrogens with one attached hydrogen (secondary N) is 1. The standard InChI is InChI=1S/C19H23N3O3/c1-3-22(11-18(23)24)16-9-15(10-16)21-19(25)14-6-7-17-13(8-14)5-4-12(2)20-17/h4-8,15-16H,3,9-11H2,1-2H3,(H,21,25)(H,23,24). The molecular weight excluding hydrogens is 318 g/mol. The van der Waals surface area contributed by atoms with Crippen LogP contribution >= 0.6 is 0 Å². The Morgan fingerprint density at radius 2 is 2.04 bits per heavy atom. The normalized spacial score (nSPS) is 19.6. The van der Waals surface area contributed by atoms with Gasteiger partial charge in [0.25, 0.3) is 5.91 Å². The number of carboxylic acid groups (broad SMARTS) is 1. The van der Waals surface area contributed by atoms with Gasteiger partial charge in [-0.3, -0.25) is 19.5 Å². The lowest BCUT2D eigenvalue weighted by Crippen LogP contribution is -2.54. The average molecular weight is 341 g/mol. The second kappa shape index (κ2) is 7.19. The Bertz CT molecular complexity index is 800. The van der Waals surface area contributed by atoms with Crippen molar-refractivity contribution in [3.63, 3.8) is 0 Å². The van der Waals surface area contributed by atoms with E-state index in [1.54, 1.807) is 6.07 Å². The molecule has 1 fully saturated rings. The smallest absolute Gasteiger partial charge is 0.317 e. The topological polar surface area (TPSA) is 82.5 Å². The Morgan fingerprint density at radius 1 is 1.28 bits per heavy atom. The number of aryl methyl sites for hydroxylation is 1. The number of pyridine rings is 1. The highest BCUT2D eigenvalue weighted by atomic mass is 16.4. The van der Waals surface area contributed by atoms with Gasteiger partial charge < -0.3 is 10.4 Å². The first-order valence-corrected chi connectivity index (χ1v) is 8.60. The number of likely N-dealkylation sites (N-methyl/N-ethyl adjacent to an activating group) is 1.